The van der Waals surface area contributed by atoms with Gasteiger partial charge in [0, 0.05) is 6.54 Å². The molecule has 1 fully saturated rings. The van der Waals surface area contributed by atoms with Crippen molar-refractivity contribution in [3.8, 4) is 11.5 Å². The molecule has 0 spiro atoms. The van der Waals surface area contributed by atoms with Crippen LogP contribution in [0.25, 0.3) is 0 Å². The van der Waals surface area contributed by atoms with E-state index in [0.29, 0.717) is 55.8 Å². The number of benzene rings is 2. The highest BCUT2D eigenvalue weighted by molar-refractivity contribution is 7.52. The smallest absolute Gasteiger partial charge is 0.347 e. The minimum absolute atomic E-state index is 0. The number of amides is 2. The quantitative estimate of drug-likeness (QED) is 0.283. The van der Waals surface area contributed by atoms with Crippen LogP contribution >= 0.6 is 20.0 Å². The fourth-order valence-corrected chi connectivity index (χ4v) is 4.67. The third-order valence-corrected chi connectivity index (χ3v) is 6.75. The van der Waals surface area contributed by atoms with E-state index in [1.54, 1.807) is 36.4 Å². The maximum atomic E-state index is 13.4. The van der Waals surface area contributed by atoms with Crippen LogP contribution in [0.2, 0.25) is 0 Å². The molecular weight excluding hydrogens is 481 g/mol. The van der Waals surface area contributed by atoms with E-state index >= 15 is 0 Å². The summed E-state index contributed by atoms with van der Waals surface area (Å²) in [4.78, 5) is 47.1. The van der Waals surface area contributed by atoms with Gasteiger partial charge in [-0.1, -0.05) is 30.3 Å². The summed E-state index contributed by atoms with van der Waals surface area (Å²) in [6, 6.07) is 15.1. The van der Waals surface area contributed by atoms with Crippen molar-refractivity contribution in [2.24, 2.45) is 5.73 Å². The second-order valence-electron chi connectivity index (χ2n) is 7.97. The number of nitrogens with zero attached hydrogens (tertiary/aromatic N) is 1. The number of nitrogens with two attached hydrogens (primary N) is 1. The van der Waals surface area contributed by atoms with E-state index < -0.39 is 25.3 Å². The fraction of sp³-hybridized carbons (Fsp3) is 0.391. The molecule has 11 heteroatoms. The molecule has 2 aromatic carbocycles. The highest BCUT2D eigenvalue weighted by Gasteiger charge is 2.38. The molecule has 1 aliphatic heterocycles. The van der Waals surface area contributed by atoms with Gasteiger partial charge in [-0.25, -0.2) is 0 Å². The van der Waals surface area contributed by atoms with Crippen molar-refractivity contribution in [1.82, 2.24) is 10.2 Å². The van der Waals surface area contributed by atoms with Crippen LogP contribution in [0.5, 0.6) is 11.5 Å². The second-order valence-corrected chi connectivity index (χ2v) is 9.77. The molecular formula is C23H31ClN3O6P. The first-order chi connectivity index (χ1) is 15.8. The number of unbranched alkanes of at least 4 members (excludes halogenated alkanes) is 1. The van der Waals surface area contributed by atoms with Crippen LogP contribution in [-0.2, 0) is 9.36 Å². The first-order valence-corrected chi connectivity index (χ1v) is 12.7. The average molecular weight is 512 g/mol. The van der Waals surface area contributed by atoms with Gasteiger partial charge in [-0.05, 0) is 62.9 Å². The maximum Gasteiger partial charge on any atom is 0.347 e. The number of nitrogens with one attached hydrogen (secondary N) is 1. The largest absolute Gasteiger partial charge is 0.457 e. The standard InChI is InChI=1S/C23H30N3O6P.ClH/c24-15-7-6-14-21(33(29,30)31)25-22(27)19-12-8-16-26(19)23(28)18-11-4-5-13-20(18)32-17-9-2-1-3-10-17;/h1-5,9-11,13,19,21H,6-8,12,14-16,24H2,(H,25,27)(H2,29,30,31);1H. The van der Waals surface area contributed by atoms with Gasteiger partial charge in [0.1, 0.15) is 23.3 Å². The molecule has 186 valence electrons. The molecule has 1 aliphatic rings. The molecule has 0 radical (unpaired) electrons. The molecule has 1 saturated heterocycles. The number of para-hydroxylation sites is 2. The SMILES string of the molecule is Cl.NCCCCC(NC(=O)C1CCCN1C(=O)c1ccccc1Oc1ccccc1)P(=O)(O)O. The van der Waals surface area contributed by atoms with Crippen LogP contribution in [0.15, 0.2) is 54.6 Å². The Labute approximate surface area is 205 Å². The predicted octanol–water partition coefficient (Wildman–Crippen LogP) is 3.25. The number of carbonyl (C=O) groups excluding carboxylic acids is 2. The second kappa shape index (κ2) is 12.9. The number of ether oxygens (including phenoxy) is 1. The lowest BCUT2D eigenvalue weighted by Gasteiger charge is -2.27. The summed E-state index contributed by atoms with van der Waals surface area (Å²) in [5.74, 6) is -1.29. The molecule has 9 nitrogen and oxygen atoms in total. The number of hydrogen-bond donors (Lipinski definition) is 4. The minimum atomic E-state index is -4.55. The van der Waals surface area contributed by atoms with Crippen molar-refractivity contribution in [1.29, 1.82) is 0 Å². The number of likely N-dealkylation sites (tertiary alicyclic amines) is 1. The van der Waals surface area contributed by atoms with Gasteiger partial charge < -0.3 is 30.5 Å². The zero-order valence-corrected chi connectivity index (χ0v) is 20.4. The summed E-state index contributed by atoms with van der Waals surface area (Å²) in [5, 5.41) is 2.48. The first kappa shape index (κ1) is 27.8. The monoisotopic (exact) mass is 511 g/mol. The zero-order valence-electron chi connectivity index (χ0n) is 18.7. The predicted molar refractivity (Wildman–Crippen MR) is 131 cm³/mol. The summed E-state index contributed by atoms with van der Waals surface area (Å²) in [6.45, 7) is 0.765. The third-order valence-electron chi connectivity index (χ3n) is 5.55. The molecule has 0 aromatic heterocycles. The Balaban J connectivity index is 0.00000408. The summed E-state index contributed by atoms with van der Waals surface area (Å²) in [5.41, 5.74) is 5.77. The number of hydrogen-bond acceptors (Lipinski definition) is 5. The van der Waals surface area contributed by atoms with Gasteiger partial charge in [0.15, 0.2) is 0 Å². The van der Waals surface area contributed by atoms with Crippen LogP contribution in [0.4, 0.5) is 0 Å². The van der Waals surface area contributed by atoms with Crippen LogP contribution in [0.1, 0.15) is 42.5 Å². The van der Waals surface area contributed by atoms with E-state index in [0.717, 1.165) is 0 Å². The van der Waals surface area contributed by atoms with Gasteiger partial charge in [-0.3, -0.25) is 14.2 Å². The van der Waals surface area contributed by atoms with E-state index in [-0.39, 0.29) is 24.7 Å². The van der Waals surface area contributed by atoms with Gasteiger partial charge in [-0.2, -0.15) is 0 Å². The summed E-state index contributed by atoms with van der Waals surface area (Å²) in [6.07, 6.45) is 2.21. The highest BCUT2D eigenvalue weighted by atomic mass is 35.5. The Morgan fingerprint density at radius 1 is 1.12 bits per heavy atom. The molecule has 2 amide bonds. The molecule has 2 aromatic rings. The third kappa shape index (κ3) is 7.29. The summed E-state index contributed by atoms with van der Waals surface area (Å²) in [7, 11) is -4.55. The van der Waals surface area contributed by atoms with Crippen LogP contribution in [-0.4, -0.2) is 51.4 Å². The van der Waals surface area contributed by atoms with Gasteiger partial charge in [-0.15, -0.1) is 12.4 Å². The van der Waals surface area contributed by atoms with Crippen molar-refractivity contribution in [3.05, 3.63) is 60.2 Å². The van der Waals surface area contributed by atoms with Crippen molar-refractivity contribution >= 4 is 31.8 Å². The van der Waals surface area contributed by atoms with Gasteiger partial charge in [0.05, 0.1) is 5.56 Å². The van der Waals surface area contributed by atoms with Crippen LogP contribution < -0.4 is 15.8 Å². The zero-order chi connectivity index (χ0) is 23.8. The summed E-state index contributed by atoms with van der Waals surface area (Å²) >= 11 is 0. The fourth-order valence-electron chi connectivity index (χ4n) is 3.85. The lowest BCUT2D eigenvalue weighted by Crippen LogP contribution is -2.48. The summed E-state index contributed by atoms with van der Waals surface area (Å²) < 4.78 is 17.8. The van der Waals surface area contributed by atoms with Crippen LogP contribution in [0, 0.1) is 0 Å². The Morgan fingerprint density at radius 2 is 1.79 bits per heavy atom. The lowest BCUT2D eigenvalue weighted by atomic mass is 10.1. The molecule has 34 heavy (non-hydrogen) atoms. The molecule has 5 N–H and O–H groups in total. The molecule has 3 rings (SSSR count). The number of rotatable bonds is 10. The van der Waals surface area contributed by atoms with Gasteiger partial charge in [0.2, 0.25) is 5.91 Å². The molecule has 0 aliphatic carbocycles. The number of halogens is 1. The molecule has 0 bridgehead atoms. The van der Waals surface area contributed by atoms with Crippen molar-refractivity contribution in [3.63, 3.8) is 0 Å². The highest BCUT2D eigenvalue weighted by Crippen LogP contribution is 2.42. The minimum Gasteiger partial charge on any atom is -0.457 e. The maximum absolute atomic E-state index is 13.4. The van der Waals surface area contributed by atoms with Crippen molar-refractivity contribution in [2.75, 3.05) is 13.1 Å². The molecule has 0 saturated carbocycles. The van der Waals surface area contributed by atoms with Crippen molar-refractivity contribution < 1.29 is 28.7 Å². The normalized spacial score (nSPS) is 16.4. The van der Waals surface area contributed by atoms with Crippen molar-refractivity contribution in [2.45, 2.75) is 43.9 Å². The average Bonchev–Trinajstić information content (AvgIpc) is 3.28. The van der Waals surface area contributed by atoms with E-state index in [2.05, 4.69) is 5.32 Å². The van der Waals surface area contributed by atoms with E-state index in [9.17, 15) is 23.9 Å². The Hall–Kier alpha value is -2.42. The first-order valence-electron chi connectivity index (χ1n) is 11.0. The van der Waals surface area contributed by atoms with Crippen LogP contribution in [0.3, 0.4) is 0 Å². The Bertz CT molecular complexity index is 1000. The van der Waals surface area contributed by atoms with Gasteiger partial charge in [0.25, 0.3) is 5.91 Å². The molecule has 2 atom stereocenters. The van der Waals surface area contributed by atoms with E-state index in [1.165, 1.54) is 4.90 Å². The van der Waals surface area contributed by atoms with E-state index in [4.69, 9.17) is 10.5 Å². The Kier molecular flexibility index (Phi) is 10.5. The molecule has 2 unspecified atom stereocenters. The van der Waals surface area contributed by atoms with Gasteiger partial charge >= 0.3 is 7.60 Å². The molecule has 1 heterocycles. The lowest BCUT2D eigenvalue weighted by molar-refractivity contribution is -0.125. The number of carbonyl (C=O) groups is 2. The van der Waals surface area contributed by atoms with E-state index in [1.807, 2.05) is 18.2 Å². The topological polar surface area (TPSA) is 142 Å². The Morgan fingerprint density at radius 3 is 2.47 bits per heavy atom.